The second-order valence-corrected chi connectivity index (χ2v) is 7.64. The van der Waals surface area contributed by atoms with E-state index in [9.17, 15) is 0 Å². The first-order chi connectivity index (χ1) is 12.0. The van der Waals surface area contributed by atoms with E-state index in [-0.39, 0.29) is 0 Å². The van der Waals surface area contributed by atoms with Gasteiger partial charge in [0.25, 0.3) is 0 Å². The van der Waals surface area contributed by atoms with Crippen LogP contribution in [0.4, 0.5) is 0 Å². The standard InChI is InChI=1S/C21H16Cl2N2/c1-10-4-5-11(2)20-17(10)19-15(24-20)6-7-16-18(19)13-8-12(22)9-14(23)21(13)25(16)3/h4-9,24H,1-3H3. The zero-order chi connectivity index (χ0) is 17.5. The lowest BCUT2D eigenvalue weighted by atomic mass is 10.0. The highest BCUT2D eigenvalue weighted by Crippen LogP contribution is 2.42. The Bertz CT molecular complexity index is 1340. The van der Waals surface area contributed by atoms with Crippen LogP contribution < -0.4 is 0 Å². The minimum absolute atomic E-state index is 0.662. The molecule has 2 heterocycles. The molecule has 2 aromatic heterocycles. The van der Waals surface area contributed by atoms with Gasteiger partial charge in [-0.05, 0) is 49.2 Å². The maximum atomic E-state index is 6.53. The lowest BCUT2D eigenvalue weighted by molar-refractivity contribution is 1.01. The average Bonchev–Trinajstić information content (AvgIpc) is 3.08. The Kier molecular flexibility index (Phi) is 2.99. The van der Waals surface area contributed by atoms with E-state index in [1.807, 2.05) is 12.1 Å². The molecule has 0 atom stereocenters. The van der Waals surface area contributed by atoms with Gasteiger partial charge in [0.05, 0.1) is 10.5 Å². The van der Waals surface area contributed by atoms with Crippen LogP contribution >= 0.6 is 23.2 Å². The van der Waals surface area contributed by atoms with Crippen LogP contribution in [-0.2, 0) is 7.05 Å². The summed E-state index contributed by atoms with van der Waals surface area (Å²) in [6, 6.07) is 12.5. The third kappa shape index (κ3) is 1.87. The lowest BCUT2D eigenvalue weighted by Gasteiger charge is -2.02. The van der Waals surface area contributed by atoms with E-state index in [0.29, 0.717) is 10.0 Å². The molecule has 25 heavy (non-hydrogen) atoms. The molecule has 4 heteroatoms. The third-order valence-corrected chi connectivity index (χ3v) is 5.82. The fourth-order valence-corrected chi connectivity index (χ4v) is 4.77. The number of nitrogens with one attached hydrogen (secondary N) is 1. The number of halogens is 2. The zero-order valence-corrected chi connectivity index (χ0v) is 15.7. The lowest BCUT2D eigenvalue weighted by Crippen LogP contribution is -1.87. The van der Waals surface area contributed by atoms with Crippen molar-refractivity contribution < 1.29 is 0 Å². The Hall–Kier alpha value is -2.16. The number of aromatic amines is 1. The van der Waals surface area contributed by atoms with Crippen molar-refractivity contribution in [2.75, 3.05) is 0 Å². The van der Waals surface area contributed by atoms with Gasteiger partial charge in [0.2, 0.25) is 0 Å². The molecule has 5 aromatic rings. The summed E-state index contributed by atoms with van der Waals surface area (Å²) in [4.78, 5) is 3.61. The number of hydrogen-bond donors (Lipinski definition) is 1. The second-order valence-electron chi connectivity index (χ2n) is 6.80. The molecule has 0 spiro atoms. The summed E-state index contributed by atoms with van der Waals surface area (Å²) in [5.74, 6) is 0. The van der Waals surface area contributed by atoms with E-state index < -0.39 is 0 Å². The first kappa shape index (κ1) is 15.1. The number of rotatable bonds is 0. The first-order valence-electron chi connectivity index (χ1n) is 8.25. The van der Waals surface area contributed by atoms with Crippen molar-refractivity contribution >= 4 is 66.8 Å². The molecule has 0 aliphatic rings. The molecular weight excluding hydrogens is 351 g/mol. The molecule has 1 N–H and O–H groups in total. The fourth-order valence-electron chi connectivity index (χ4n) is 4.15. The quantitative estimate of drug-likeness (QED) is 0.308. The minimum atomic E-state index is 0.662. The topological polar surface area (TPSA) is 20.7 Å². The summed E-state index contributed by atoms with van der Waals surface area (Å²) in [6.45, 7) is 4.31. The maximum absolute atomic E-state index is 6.53. The molecule has 0 saturated heterocycles. The van der Waals surface area contributed by atoms with Crippen molar-refractivity contribution in [2.45, 2.75) is 13.8 Å². The highest BCUT2D eigenvalue weighted by molar-refractivity contribution is 6.41. The van der Waals surface area contributed by atoms with Gasteiger partial charge in [-0.2, -0.15) is 0 Å². The molecule has 0 bridgehead atoms. The fraction of sp³-hybridized carbons (Fsp3) is 0.143. The monoisotopic (exact) mass is 366 g/mol. The van der Waals surface area contributed by atoms with Gasteiger partial charge < -0.3 is 9.55 Å². The largest absolute Gasteiger partial charge is 0.354 e. The molecule has 3 aromatic carbocycles. The van der Waals surface area contributed by atoms with E-state index in [2.05, 4.69) is 54.7 Å². The maximum Gasteiger partial charge on any atom is 0.0679 e. The summed E-state index contributed by atoms with van der Waals surface area (Å²) < 4.78 is 2.16. The summed E-state index contributed by atoms with van der Waals surface area (Å²) in [5.41, 5.74) is 7.04. The number of hydrogen-bond acceptors (Lipinski definition) is 0. The average molecular weight is 367 g/mol. The van der Waals surface area contributed by atoms with Crippen molar-refractivity contribution in [1.29, 1.82) is 0 Å². The molecule has 5 rings (SSSR count). The molecule has 124 valence electrons. The molecule has 0 aliphatic heterocycles. The molecular formula is C21H16Cl2N2. The number of H-pyrrole nitrogens is 1. The summed E-state index contributed by atoms with van der Waals surface area (Å²) in [6.07, 6.45) is 0. The molecule has 0 saturated carbocycles. The van der Waals surface area contributed by atoms with Crippen LogP contribution in [0.3, 0.4) is 0 Å². The van der Waals surface area contributed by atoms with Gasteiger partial charge in [-0.1, -0.05) is 35.3 Å². The second kappa shape index (κ2) is 4.94. The molecule has 0 aliphatic carbocycles. The smallest absolute Gasteiger partial charge is 0.0679 e. The Morgan fingerprint density at radius 1 is 0.880 bits per heavy atom. The number of nitrogens with zero attached hydrogens (tertiary/aromatic N) is 1. The number of aromatic nitrogens is 2. The predicted molar refractivity (Wildman–Crippen MR) is 109 cm³/mol. The van der Waals surface area contributed by atoms with Gasteiger partial charge in [0.15, 0.2) is 0 Å². The highest BCUT2D eigenvalue weighted by atomic mass is 35.5. The van der Waals surface area contributed by atoms with Crippen molar-refractivity contribution in [3.8, 4) is 0 Å². The van der Waals surface area contributed by atoms with E-state index >= 15 is 0 Å². The third-order valence-electron chi connectivity index (χ3n) is 5.31. The van der Waals surface area contributed by atoms with Gasteiger partial charge in [-0.3, -0.25) is 0 Å². The van der Waals surface area contributed by atoms with Crippen LogP contribution in [0.25, 0.3) is 43.6 Å². The molecule has 0 unspecified atom stereocenters. The zero-order valence-electron chi connectivity index (χ0n) is 14.2. The van der Waals surface area contributed by atoms with Crippen molar-refractivity contribution in [3.63, 3.8) is 0 Å². The van der Waals surface area contributed by atoms with Crippen LogP contribution in [0.2, 0.25) is 10.0 Å². The van der Waals surface area contributed by atoms with E-state index in [0.717, 1.165) is 21.9 Å². The number of benzene rings is 3. The molecule has 0 fully saturated rings. The summed E-state index contributed by atoms with van der Waals surface area (Å²) in [7, 11) is 2.06. The SMILES string of the molecule is Cc1ccc(C)c2c1[nH]c1ccc3c(c4cc(Cl)cc(Cl)c4n3C)c12. The predicted octanol–water partition coefficient (Wildman–Crippen LogP) is 6.89. The van der Waals surface area contributed by atoms with Crippen molar-refractivity contribution in [2.24, 2.45) is 7.05 Å². The van der Waals surface area contributed by atoms with Crippen LogP contribution in [-0.4, -0.2) is 9.55 Å². The van der Waals surface area contributed by atoms with E-state index in [1.165, 1.54) is 32.8 Å². The first-order valence-corrected chi connectivity index (χ1v) is 9.00. The van der Waals surface area contributed by atoms with Crippen molar-refractivity contribution in [1.82, 2.24) is 9.55 Å². The number of fused-ring (bicyclic) bond motifs is 7. The van der Waals surface area contributed by atoms with Gasteiger partial charge >= 0.3 is 0 Å². The Morgan fingerprint density at radius 2 is 1.64 bits per heavy atom. The van der Waals surface area contributed by atoms with Crippen LogP contribution in [0.15, 0.2) is 36.4 Å². The summed E-state index contributed by atoms with van der Waals surface area (Å²) in [5, 5.41) is 6.18. The number of aryl methyl sites for hydroxylation is 3. The minimum Gasteiger partial charge on any atom is -0.354 e. The van der Waals surface area contributed by atoms with Crippen LogP contribution in [0.1, 0.15) is 11.1 Å². The van der Waals surface area contributed by atoms with Gasteiger partial charge in [-0.15, -0.1) is 0 Å². The van der Waals surface area contributed by atoms with Crippen LogP contribution in [0, 0.1) is 13.8 Å². The van der Waals surface area contributed by atoms with Gasteiger partial charge in [0.1, 0.15) is 0 Å². The molecule has 0 radical (unpaired) electrons. The summed E-state index contributed by atoms with van der Waals surface area (Å²) >= 11 is 12.9. The van der Waals surface area contributed by atoms with Gasteiger partial charge in [-0.25, -0.2) is 0 Å². The van der Waals surface area contributed by atoms with E-state index in [1.54, 1.807) is 0 Å². The highest BCUT2D eigenvalue weighted by Gasteiger charge is 2.18. The van der Waals surface area contributed by atoms with Crippen molar-refractivity contribution in [3.05, 3.63) is 57.6 Å². The Balaban J connectivity index is 2.19. The molecule has 2 nitrogen and oxygen atoms in total. The van der Waals surface area contributed by atoms with Crippen LogP contribution in [0.5, 0.6) is 0 Å². The Morgan fingerprint density at radius 3 is 2.44 bits per heavy atom. The van der Waals surface area contributed by atoms with E-state index in [4.69, 9.17) is 23.2 Å². The molecule has 0 amide bonds. The Labute approximate surface area is 154 Å². The normalized spacial score (nSPS) is 12.2. The van der Waals surface area contributed by atoms with Gasteiger partial charge in [0, 0.05) is 50.2 Å².